The van der Waals surface area contributed by atoms with Crippen LogP contribution in [0.2, 0.25) is 5.15 Å². The van der Waals surface area contributed by atoms with E-state index in [0.717, 1.165) is 0 Å². The first kappa shape index (κ1) is 6.36. The predicted octanol–water partition coefficient (Wildman–Crippen LogP) is -0.221. The monoisotopic (exact) mass is 170 g/mol. The van der Waals surface area contributed by atoms with Gasteiger partial charge in [-0.25, -0.2) is 4.98 Å². The van der Waals surface area contributed by atoms with Crippen LogP contribution in [0.3, 0.4) is 0 Å². The fourth-order valence-electron chi connectivity index (χ4n) is 0.846. The van der Waals surface area contributed by atoms with Crippen molar-refractivity contribution in [1.29, 1.82) is 0 Å². The summed E-state index contributed by atoms with van der Waals surface area (Å²) in [6.07, 6.45) is 3.25. The zero-order valence-electron chi connectivity index (χ0n) is 5.45. The molecule has 56 valence electrons. The van der Waals surface area contributed by atoms with E-state index in [0.29, 0.717) is 16.7 Å². The van der Waals surface area contributed by atoms with Crippen molar-refractivity contribution in [2.45, 2.75) is 0 Å². The topological polar surface area (TPSA) is 71.7 Å². The van der Waals surface area contributed by atoms with Crippen molar-refractivity contribution < 1.29 is 4.52 Å². The molecule has 0 aliphatic carbocycles. The number of H-pyrrole nitrogens is 1. The van der Waals surface area contributed by atoms with Gasteiger partial charge in [-0.15, -0.1) is 4.52 Å². The number of nitrogens with two attached hydrogens (primary N) is 1. The molecule has 0 fully saturated rings. The summed E-state index contributed by atoms with van der Waals surface area (Å²) in [6.45, 7) is 0. The number of anilines is 1. The molecule has 6 heteroatoms. The second kappa shape index (κ2) is 2.06. The van der Waals surface area contributed by atoms with E-state index in [9.17, 15) is 0 Å². The van der Waals surface area contributed by atoms with Crippen LogP contribution in [0.25, 0.3) is 5.65 Å². The third-order valence-electron chi connectivity index (χ3n) is 1.28. The maximum atomic E-state index is 5.70. The zero-order valence-corrected chi connectivity index (χ0v) is 6.21. The molecule has 2 heterocycles. The fourth-order valence-corrected chi connectivity index (χ4v) is 1.04. The van der Waals surface area contributed by atoms with Gasteiger partial charge in [-0.2, -0.15) is 5.10 Å². The first-order chi connectivity index (χ1) is 5.27. The van der Waals surface area contributed by atoms with Crippen LogP contribution in [-0.2, 0) is 0 Å². The molecule has 0 bridgehead atoms. The average Bonchev–Trinajstić information content (AvgIpc) is 2.31. The minimum Gasteiger partial charge on any atom is -0.345 e. The Hall–Kier alpha value is -1.36. The molecule has 0 radical (unpaired) electrons. The van der Waals surface area contributed by atoms with Gasteiger partial charge in [-0.05, 0) is 0 Å². The molecule has 11 heavy (non-hydrogen) atoms. The lowest BCUT2D eigenvalue weighted by molar-refractivity contribution is -0.576. The molecule has 5 nitrogen and oxygen atoms in total. The van der Waals surface area contributed by atoms with E-state index in [-0.39, 0.29) is 0 Å². The van der Waals surface area contributed by atoms with E-state index in [1.807, 2.05) is 0 Å². The predicted molar refractivity (Wildman–Crippen MR) is 39.0 cm³/mol. The van der Waals surface area contributed by atoms with Crippen molar-refractivity contribution in [2.24, 2.45) is 0 Å². The molecule has 3 N–H and O–H groups in total. The SMILES string of the molecule is Nc1nc2c(Cl)ncc[n+]2[nH]1. The number of hydrogen-bond donors (Lipinski definition) is 2. The Bertz CT molecular complexity index is 395. The van der Waals surface area contributed by atoms with Gasteiger partial charge in [-0.3, -0.25) is 0 Å². The van der Waals surface area contributed by atoms with Gasteiger partial charge in [-0.1, -0.05) is 11.6 Å². The largest absolute Gasteiger partial charge is 0.388 e. The van der Waals surface area contributed by atoms with Gasteiger partial charge < -0.3 is 5.73 Å². The summed E-state index contributed by atoms with van der Waals surface area (Å²) in [5.74, 6) is 0.319. The van der Waals surface area contributed by atoms with Crippen LogP contribution in [0, 0.1) is 0 Å². The molecule has 2 aromatic rings. The highest BCUT2D eigenvalue weighted by Crippen LogP contribution is 2.06. The van der Waals surface area contributed by atoms with Gasteiger partial charge in [0.1, 0.15) is 6.20 Å². The molecule has 0 aliphatic heterocycles. The number of aromatic nitrogens is 4. The van der Waals surface area contributed by atoms with E-state index >= 15 is 0 Å². The number of rotatable bonds is 0. The first-order valence-electron chi connectivity index (χ1n) is 2.95. The van der Waals surface area contributed by atoms with Crippen molar-refractivity contribution in [3.05, 3.63) is 17.5 Å². The van der Waals surface area contributed by atoms with Crippen LogP contribution in [-0.4, -0.2) is 15.1 Å². The fraction of sp³-hybridized carbons (Fsp3) is 0. The molecule has 0 saturated heterocycles. The van der Waals surface area contributed by atoms with Crippen molar-refractivity contribution in [3.8, 4) is 0 Å². The van der Waals surface area contributed by atoms with Gasteiger partial charge in [0.15, 0.2) is 0 Å². The van der Waals surface area contributed by atoms with Gasteiger partial charge >= 0.3 is 11.6 Å². The Kier molecular flexibility index (Phi) is 1.19. The number of nitrogen functional groups attached to an aromatic ring is 1. The molecule has 0 aromatic carbocycles. The highest BCUT2D eigenvalue weighted by molar-refractivity contribution is 6.31. The molecule has 2 aromatic heterocycles. The number of nitrogens with zero attached hydrogens (tertiary/aromatic N) is 3. The summed E-state index contributed by atoms with van der Waals surface area (Å²) < 4.78 is 1.60. The number of halogens is 1. The second-order valence-electron chi connectivity index (χ2n) is 2.02. The Labute approximate surface area is 66.8 Å². The lowest BCUT2D eigenvalue weighted by Gasteiger charge is -1.81. The highest BCUT2D eigenvalue weighted by atomic mass is 35.5. The Morgan fingerprint density at radius 2 is 2.45 bits per heavy atom. The second-order valence-corrected chi connectivity index (χ2v) is 2.38. The molecule has 0 atom stereocenters. The summed E-state index contributed by atoms with van der Waals surface area (Å²) in [5, 5.41) is 3.09. The maximum absolute atomic E-state index is 5.70. The summed E-state index contributed by atoms with van der Waals surface area (Å²) in [7, 11) is 0. The number of hydrogen-bond acceptors (Lipinski definition) is 3. The minimum absolute atomic E-state index is 0.319. The summed E-state index contributed by atoms with van der Waals surface area (Å²) >= 11 is 5.70. The number of aromatic amines is 1. The van der Waals surface area contributed by atoms with E-state index in [1.54, 1.807) is 16.9 Å². The zero-order chi connectivity index (χ0) is 7.84. The molecular formula is C5H5ClN5+. The first-order valence-corrected chi connectivity index (χ1v) is 3.32. The third kappa shape index (κ3) is 0.894. The summed E-state index contributed by atoms with van der Waals surface area (Å²) in [5.41, 5.74) is 5.92. The van der Waals surface area contributed by atoms with Crippen molar-refractivity contribution in [3.63, 3.8) is 0 Å². The highest BCUT2D eigenvalue weighted by Gasteiger charge is 2.13. The number of fused-ring (bicyclic) bond motifs is 1. The van der Waals surface area contributed by atoms with Gasteiger partial charge in [0.2, 0.25) is 5.15 Å². The summed E-state index contributed by atoms with van der Waals surface area (Å²) in [4.78, 5) is 7.73. The van der Waals surface area contributed by atoms with Crippen molar-refractivity contribution in [2.75, 3.05) is 5.73 Å². The van der Waals surface area contributed by atoms with Gasteiger partial charge in [0, 0.05) is 4.98 Å². The van der Waals surface area contributed by atoms with Gasteiger partial charge in [0.25, 0.3) is 0 Å². The van der Waals surface area contributed by atoms with E-state index in [2.05, 4.69) is 15.1 Å². The Morgan fingerprint density at radius 3 is 3.18 bits per heavy atom. The molecule has 2 rings (SSSR count). The smallest absolute Gasteiger partial charge is 0.345 e. The average molecular weight is 171 g/mol. The van der Waals surface area contributed by atoms with Gasteiger partial charge in [0.05, 0.1) is 6.20 Å². The van der Waals surface area contributed by atoms with Crippen LogP contribution >= 0.6 is 11.6 Å². The lowest BCUT2D eigenvalue weighted by atomic mass is 10.7. The quantitative estimate of drug-likeness (QED) is 0.537. The van der Waals surface area contributed by atoms with E-state index < -0.39 is 0 Å². The molecule has 0 saturated carbocycles. The van der Waals surface area contributed by atoms with Crippen LogP contribution in [0.1, 0.15) is 0 Å². The van der Waals surface area contributed by atoms with Crippen LogP contribution in [0.5, 0.6) is 0 Å². The molecule has 0 spiro atoms. The van der Waals surface area contributed by atoms with Crippen LogP contribution < -0.4 is 10.2 Å². The Balaban J connectivity index is 2.90. The maximum Gasteiger partial charge on any atom is 0.388 e. The van der Waals surface area contributed by atoms with E-state index in [1.165, 1.54) is 0 Å². The lowest BCUT2D eigenvalue weighted by Crippen LogP contribution is -2.23. The Morgan fingerprint density at radius 1 is 1.64 bits per heavy atom. The molecule has 0 amide bonds. The van der Waals surface area contributed by atoms with E-state index in [4.69, 9.17) is 17.3 Å². The normalized spacial score (nSPS) is 10.6. The van der Waals surface area contributed by atoms with Crippen molar-refractivity contribution in [1.82, 2.24) is 15.1 Å². The summed E-state index contributed by atoms with van der Waals surface area (Å²) in [6, 6.07) is 0. The molecule has 0 aliphatic rings. The standard InChI is InChI=1S/C5H4ClN5/c6-3-4-9-5(7)10-11(4)2-1-8-3/h1-2H,(H2,7,10)/p+1. The minimum atomic E-state index is 0.319. The third-order valence-corrected chi connectivity index (χ3v) is 1.54. The molecular weight excluding hydrogens is 166 g/mol. The van der Waals surface area contributed by atoms with Crippen LogP contribution in [0.15, 0.2) is 12.4 Å². The molecule has 0 unspecified atom stereocenters. The number of nitrogens with one attached hydrogen (secondary N) is 1. The van der Waals surface area contributed by atoms with Crippen LogP contribution in [0.4, 0.5) is 5.95 Å². The van der Waals surface area contributed by atoms with Crippen molar-refractivity contribution >= 4 is 23.2 Å².